The van der Waals surface area contributed by atoms with Crippen LogP contribution in [-0.2, 0) is 9.53 Å². The number of aromatic nitrogens is 2. The van der Waals surface area contributed by atoms with Gasteiger partial charge in [-0.25, -0.2) is 4.98 Å². The molecule has 0 atom stereocenters. The second-order valence-corrected chi connectivity index (χ2v) is 8.36. The molecule has 0 radical (unpaired) electrons. The van der Waals surface area contributed by atoms with E-state index in [0.29, 0.717) is 35.7 Å². The molecule has 3 aromatic rings. The first-order valence-corrected chi connectivity index (χ1v) is 10.7. The highest BCUT2D eigenvalue weighted by Gasteiger charge is 2.18. The molecule has 1 aromatic carbocycles. The van der Waals surface area contributed by atoms with Crippen LogP contribution in [0.15, 0.2) is 40.3 Å². The Morgan fingerprint density at radius 3 is 2.70 bits per heavy atom. The molecule has 0 amide bonds. The van der Waals surface area contributed by atoms with Crippen molar-refractivity contribution in [3.63, 3.8) is 0 Å². The van der Waals surface area contributed by atoms with Crippen molar-refractivity contribution >= 4 is 39.3 Å². The van der Waals surface area contributed by atoms with Crippen LogP contribution < -0.4 is 5.56 Å². The van der Waals surface area contributed by atoms with Crippen LogP contribution in [0.1, 0.15) is 30.2 Å². The molecule has 0 saturated carbocycles. The van der Waals surface area contributed by atoms with Gasteiger partial charge in [0.1, 0.15) is 4.83 Å². The highest BCUT2D eigenvalue weighted by molar-refractivity contribution is 7.99. The van der Waals surface area contributed by atoms with Gasteiger partial charge in [0.25, 0.3) is 5.56 Å². The molecule has 0 spiro atoms. The van der Waals surface area contributed by atoms with Crippen LogP contribution in [0.2, 0.25) is 0 Å². The zero-order valence-corrected chi connectivity index (χ0v) is 17.3. The lowest BCUT2D eigenvalue weighted by atomic mass is 10.2. The molecule has 5 nitrogen and oxygen atoms in total. The van der Waals surface area contributed by atoms with Crippen molar-refractivity contribution in [2.24, 2.45) is 0 Å². The highest BCUT2D eigenvalue weighted by Crippen LogP contribution is 2.29. The third-order valence-electron chi connectivity index (χ3n) is 4.25. The van der Waals surface area contributed by atoms with Gasteiger partial charge in [0.05, 0.1) is 17.7 Å². The number of hydrogen-bond donors (Lipinski definition) is 0. The van der Waals surface area contributed by atoms with Crippen LogP contribution in [-0.4, -0.2) is 27.9 Å². The first-order valence-electron chi connectivity index (χ1n) is 8.89. The Bertz CT molecular complexity index is 1010. The lowest BCUT2D eigenvalue weighted by Gasteiger charge is -2.12. The fourth-order valence-electron chi connectivity index (χ4n) is 2.79. The predicted octanol–water partition coefficient (Wildman–Crippen LogP) is 4.50. The van der Waals surface area contributed by atoms with E-state index >= 15 is 0 Å². The smallest absolute Gasteiger partial charge is 0.305 e. The molecule has 0 N–H and O–H groups in total. The molecule has 142 valence electrons. The van der Waals surface area contributed by atoms with Crippen molar-refractivity contribution < 1.29 is 9.53 Å². The number of ether oxygens (including phenoxy) is 1. The van der Waals surface area contributed by atoms with Crippen molar-refractivity contribution in [3.05, 3.63) is 51.1 Å². The van der Waals surface area contributed by atoms with Gasteiger partial charge >= 0.3 is 5.97 Å². The van der Waals surface area contributed by atoms with Gasteiger partial charge in [0.2, 0.25) is 0 Å². The average molecular weight is 403 g/mol. The maximum absolute atomic E-state index is 13.3. The van der Waals surface area contributed by atoms with Crippen LogP contribution in [0.4, 0.5) is 0 Å². The summed E-state index contributed by atoms with van der Waals surface area (Å²) in [6, 6.07) is 9.56. The molecule has 0 fully saturated rings. The summed E-state index contributed by atoms with van der Waals surface area (Å²) in [5.41, 5.74) is 1.75. The molecule has 7 heteroatoms. The molecule has 0 aliphatic heterocycles. The Hall–Kier alpha value is -2.12. The van der Waals surface area contributed by atoms with Crippen molar-refractivity contribution in [1.82, 2.24) is 9.55 Å². The number of hydrogen-bond acceptors (Lipinski definition) is 6. The number of nitrogens with zero attached hydrogens (tertiary/aromatic N) is 2. The lowest BCUT2D eigenvalue weighted by molar-refractivity contribution is -0.143. The van der Waals surface area contributed by atoms with Crippen LogP contribution in [0.25, 0.3) is 15.9 Å². The van der Waals surface area contributed by atoms with Crippen molar-refractivity contribution in [3.8, 4) is 5.69 Å². The minimum absolute atomic E-state index is 0.0408. The van der Waals surface area contributed by atoms with E-state index in [-0.39, 0.29) is 11.5 Å². The highest BCUT2D eigenvalue weighted by atomic mass is 32.2. The molecule has 2 heterocycles. The number of rotatable bonds is 7. The summed E-state index contributed by atoms with van der Waals surface area (Å²) in [5, 5.41) is 1.35. The van der Waals surface area contributed by atoms with Gasteiger partial charge < -0.3 is 4.74 Å². The van der Waals surface area contributed by atoms with Crippen LogP contribution in [0.5, 0.6) is 0 Å². The summed E-state index contributed by atoms with van der Waals surface area (Å²) < 4.78 is 6.64. The van der Waals surface area contributed by atoms with Crippen molar-refractivity contribution in [2.45, 2.75) is 38.8 Å². The Morgan fingerprint density at radius 1 is 1.26 bits per heavy atom. The minimum Gasteiger partial charge on any atom is -0.466 e. The second kappa shape index (κ2) is 8.71. The van der Waals surface area contributed by atoms with E-state index in [4.69, 9.17) is 9.72 Å². The topological polar surface area (TPSA) is 61.2 Å². The summed E-state index contributed by atoms with van der Waals surface area (Å²) in [4.78, 5) is 31.4. The molecule has 0 bridgehead atoms. The lowest BCUT2D eigenvalue weighted by Crippen LogP contribution is -2.21. The Morgan fingerprint density at radius 2 is 2.00 bits per heavy atom. The quantitative estimate of drug-likeness (QED) is 0.252. The van der Waals surface area contributed by atoms with Gasteiger partial charge in [0.15, 0.2) is 5.16 Å². The van der Waals surface area contributed by atoms with Crippen LogP contribution in [0.3, 0.4) is 0 Å². The van der Waals surface area contributed by atoms with E-state index in [9.17, 15) is 9.59 Å². The number of esters is 1. The zero-order valence-electron chi connectivity index (χ0n) is 15.7. The van der Waals surface area contributed by atoms with Gasteiger partial charge in [-0.15, -0.1) is 11.3 Å². The maximum atomic E-state index is 13.3. The fourth-order valence-corrected chi connectivity index (χ4v) is 4.81. The maximum Gasteiger partial charge on any atom is 0.305 e. The second-order valence-electron chi connectivity index (χ2n) is 6.09. The van der Waals surface area contributed by atoms with E-state index in [1.807, 2.05) is 44.2 Å². The van der Waals surface area contributed by atoms with Crippen LogP contribution in [0, 0.1) is 13.8 Å². The Labute approximate surface area is 166 Å². The minimum atomic E-state index is -0.188. The Balaban J connectivity index is 1.95. The summed E-state index contributed by atoms with van der Waals surface area (Å²) in [5.74, 6) is 0.499. The molecule has 0 aliphatic carbocycles. The molecule has 0 unspecified atom stereocenters. The number of para-hydroxylation sites is 1. The van der Waals surface area contributed by atoms with Gasteiger partial charge in [0, 0.05) is 17.1 Å². The molecule has 27 heavy (non-hydrogen) atoms. The first-order chi connectivity index (χ1) is 13.0. The summed E-state index contributed by atoms with van der Waals surface area (Å²) in [6.45, 7) is 6.18. The van der Waals surface area contributed by atoms with E-state index < -0.39 is 0 Å². The number of thioether (sulfide) groups is 1. The SMILES string of the molecule is CCOC(=O)CCCSc1nc2sc(C)c(C)c2c(=O)n1-c1ccccc1. The first kappa shape index (κ1) is 19.6. The Kier molecular flexibility index (Phi) is 6.34. The van der Waals surface area contributed by atoms with Gasteiger partial charge in [-0.05, 0) is 44.9 Å². The largest absolute Gasteiger partial charge is 0.466 e. The molecule has 2 aromatic heterocycles. The summed E-state index contributed by atoms with van der Waals surface area (Å²) in [7, 11) is 0. The van der Waals surface area contributed by atoms with Gasteiger partial charge in [-0.1, -0.05) is 30.0 Å². The number of benzene rings is 1. The van der Waals surface area contributed by atoms with Gasteiger partial charge in [-0.2, -0.15) is 0 Å². The number of thiophene rings is 1. The zero-order chi connectivity index (χ0) is 19.4. The van der Waals surface area contributed by atoms with Gasteiger partial charge in [-0.3, -0.25) is 14.2 Å². The third-order valence-corrected chi connectivity index (χ3v) is 6.37. The van der Waals surface area contributed by atoms with E-state index in [1.54, 1.807) is 22.8 Å². The molecule has 0 aliphatic rings. The van der Waals surface area contributed by atoms with E-state index in [1.165, 1.54) is 11.8 Å². The van der Waals surface area contributed by atoms with Crippen molar-refractivity contribution in [2.75, 3.05) is 12.4 Å². The molecule has 0 saturated heterocycles. The summed E-state index contributed by atoms with van der Waals surface area (Å²) in [6.07, 6.45) is 1.05. The fraction of sp³-hybridized carbons (Fsp3) is 0.350. The molecular weight excluding hydrogens is 380 g/mol. The number of aryl methyl sites for hydroxylation is 2. The summed E-state index contributed by atoms with van der Waals surface area (Å²) >= 11 is 3.05. The molecule has 3 rings (SSSR count). The number of carbonyl (C=O) groups is 1. The monoisotopic (exact) mass is 402 g/mol. The normalized spacial score (nSPS) is 11.1. The predicted molar refractivity (Wildman–Crippen MR) is 111 cm³/mol. The number of fused-ring (bicyclic) bond motifs is 1. The third kappa shape index (κ3) is 4.25. The standard InChI is InChI=1S/C20H22N2O3S2/c1-4-25-16(23)11-8-12-26-20-21-18-17(13(2)14(3)27-18)19(24)22(20)15-9-6-5-7-10-15/h5-7,9-10H,4,8,11-12H2,1-3H3. The number of carbonyl (C=O) groups excluding carboxylic acids is 1. The average Bonchev–Trinajstić information content (AvgIpc) is 2.94. The van der Waals surface area contributed by atoms with Crippen molar-refractivity contribution in [1.29, 1.82) is 0 Å². The van der Waals surface area contributed by atoms with E-state index in [0.717, 1.165) is 21.0 Å². The molecular formula is C20H22N2O3S2. The van der Waals surface area contributed by atoms with Crippen LogP contribution >= 0.6 is 23.1 Å². The van der Waals surface area contributed by atoms with E-state index in [2.05, 4.69) is 0 Å².